The molecule has 9 nitrogen and oxygen atoms in total. The third-order valence-electron chi connectivity index (χ3n) is 2.29. The molecule has 3 N–H and O–H groups in total. The van der Waals surface area contributed by atoms with E-state index in [1.165, 1.54) is 18.2 Å². The Balaban J connectivity index is 2.19. The summed E-state index contributed by atoms with van der Waals surface area (Å²) in [7, 11) is -3.89. The van der Waals surface area contributed by atoms with Gasteiger partial charge in [-0.25, -0.2) is 13.1 Å². The zero-order valence-electron chi connectivity index (χ0n) is 9.88. The van der Waals surface area contributed by atoms with Gasteiger partial charge < -0.3 is 5.73 Å². The lowest BCUT2D eigenvalue weighted by Crippen LogP contribution is -2.23. The highest BCUT2D eigenvalue weighted by Crippen LogP contribution is 2.20. The topological polar surface area (TPSA) is 141 Å². The lowest BCUT2D eigenvalue weighted by Gasteiger charge is -2.04. The average Bonchev–Trinajstić information content (AvgIpc) is 2.84. The molecule has 106 valence electrons. The van der Waals surface area contributed by atoms with Crippen LogP contribution in [0.3, 0.4) is 0 Å². The van der Waals surface area contributed by atoms with E-state index in [1.54, 1.807) is 6.07 Å². The molecule has 1 aromatic heterocycles. The van der Waals surface area contributed by atoms with Gasteiger partial charge in [-0.1, -0.05) is 29.5 Å². The third-order valence-corrected chi connectivity index (χ3v) is 4.81. The molecule has 0 aliphatic rings. The second-order valence-electron chi connectivity index (χ2n) is 3.62. The Bertz CT molecular complexity index is 742. The first-order valence-electron chi connectivity index (χ1n) is 5.21. The number of nitrogens with one attached hydrogen (secondary N) is 1. The van der Waals surface area contributed by atoms with Crippen LogP contribution in [0.5, 0.6) is 0 Å². The largest absolute Gasteiger partial charge is 0.374 e. The van der Waals surface area contributed by atoms with Crippen LogP contribution in [0.25, 0.3) is 0 Å². The number of hydrogen-bond donors (Lipinski definition) is 2. The molecule has 0 aliphatic heterocycles. The van der Waals surface area contributed by atoms with Crippen LogP contribution in [0.2, 0.25) is 0 Å². The highest BCUT2D eigenvalue weighted by molar-refractivity contribution is 7.91. The van der Waals surface area contributed by atoms with Crippen molar-refractivity contribution in [2.45, 2.75) is 10.9 Å². The van der Waals surface area contributed by atoms with Crippen molar-refractivity contribution in [2.75, 3.05) is 5.73 Å². The normalized spacial score (nSPS) is 11.4. The zero-order chi connectivity index (χ0) is 14.8. The van der Waals surface area contributed by atoms with Gasteiger partial charge in [-0.15, -0.1) is 10.2 Å². The SMILES string of the molecule is Nc1nnc(S(=O)(=O)NCc2ccccc2[N+](=O)[O-])s1. The summed E-state index contributed by atoms with van der Waals surface area (Å²) >= 11 is 0.712. The molecule has 2 aromatic rings. The zero-order valence-corrected chi connectivity index (χ0v) is 11.5. The van der Waals surface area contributed by atoms with Crippen LogP contribution in [0.4, 0.5) is 10.8 Å². The van der Waals surface area contributed by atoms with Gasteiger partial charge in [0.2, 0.25) is 9.47 Å². The van der Waals surface area contributed by atoms with Crippen molar-refractivity contribution >= 4 is 32.2 Å². The smallest absolute Gasteiger partial charge is 0.273 e. The highest BCUT2D eigenvalue weighted by Gasteiger charge is 2.21. The molecule has 11 heteroatoms. The van der Waals surface area contributed by atoms with Crippen molar-refractivity contribution in [1.82, 2.24) is 14.9 Å². The summed E-state index contributed by atoms with van der Waals surface area (Å²) in [5.74, 6) is 0. The molecule has 0 saturated carbocycles. The molecule has 1 aromatic carbocycles. The first-order chi connectivity index (χ1) is 9.40. The van der Waals surface area contributed by atoms with E-state index >= 15 is 0 Å². The number of aromatic nitrogens is 2. The summed E-state index contributed by atoms with van der Waals surface area (Å²) in [6, 6.07) is 5.85. The molecule has 0 amide bonds. The number of nitrogen functional groups attached to an aromatic ring is 1. The highest BCUT2D eigenvalue weighted by atomic mass is 32.2. The van der Waals surface area contributed by atoms with Crippen LogP contribution in [-0.4, -0.2) is 23.5 Å². The maximum atomic E-state index is 11.9. The van der Waals surface area contributed by atoms with E-state index in [2.05, 4.69) is 14.9 Å². The number of nitro groups is 1. The Morgan fingerprint density at radius 3 is 2.65 bits per heavy atom. The summed E-state index contributed by atoms with van der Waals surface area (Å²) < 4.78 is 25.7. The predicted octanol–water partition coefficient (Wildman–Crippen LogP) is 0.507. The van der Waals surface area contributed by atoms with Gasteiger partial charge in [-0.05, 0) is 0 Å². The fourth-order valence-electron chi connectivity index (χ4n) is 1.40. The monoisotopic (exact) mass is 315 g/mol. The summed E-state index contributed by atoms with van der Waals surface area (Å²) in [4.78, 5) is 10.2. The maximum absolute atomic E-state index is 11.9. The van der Waals surface area contributed by atoms with Gasteiger partial charge in [0, 0.05) is 18.2 Å². The number of nitrogens with zero attached hydrogens (tertiary/aromatic N) is 3. The molecule has 0 aliphatic carbocycles. The molecule has 0 unspecified atom stereocenters. The Morgan fingerprint density at radius 2 is 2.05 bits per heavy atom. The van der Waals surface area contributed by atoms with E-state index in [1.807, 2.05) is 0 Å². The molecule has 0 fully saturated rings. The van der Waals surface area contributed by atoms with E-state index < -0.39 is 14.9 Å². The number of para-hydroxylation sites is 1. The van der Waals surface area contributed by atoms with Gasteiger partial charge in [0.1, 0.15) is 0 Å². The van der Waals surface area contributed by atoms with E-state index in [-0.39, 0.29) is 27.3 Å². The standard InChI is InChI=1S/C9H9N5O4S2/c10-8-12-13-9(19-8)20(17,18)11-5-6-3-1-2-4-7(6)14(15)16/h1-4,11H,5H2,(H2,10,12). The van der Waals surface area contributed by atoms with Crippen molar-refractivity contribution < 1.29 is 13.3 Å². The summed E-state index contributed by atoms with van der Waals surface area (Å²) in [5.41, 5.74) is 5.40. The Kier molecular flexibility index (Phi) is 3.92. The van der Waals surface area contributed by atoms with Crippen LogP contribution in [0, 0.1) is 10.1 Å². The number of nitro benzene ring substituents is 1. The number of benzene rings is 1. The van der Waals surface area contributed by atoms with Gasteiger partial charge in [0.05, 0.1) is 4.92 Å². The van der Waals surface area contributed by atoms with Gasteiger partial charge >= 0.3 is 0 Å². The second-order valence-corrected chi connectivity index (χ2v) is 6.57. The van der Waals surface area contributed by atoms with E-state index in [4.69, 9.17) is 5.73 Å². The van der Waals surface area contributed by atoms with Crippen LogP contribution in [0.15, 0.2) is 28.6 Å². The van der Waals surface area contributed by atoms with E-state index in [0.29, 0.717) is 11.3 Å². The third kappa shape index (κ3) is 3.07. The number of nitrogens with two attached hydrogens (primary N) is 1. The molecule has 20 heavy (non-hydrogen) atoms. The molecule has 0 bridgehead atoms. The molecule has 0 radical (unpaired) electrons. The minimum absolute atomic E-state index is 0.0241. The molecule has 0 spiro atoms. The molecular weight excluding hydrogens is 306 g/mol. The Hall–Kier alpha value is -2.11. The number of anilines is 1. The van der Waals surface area contributed by atoms with Crippen LogP contribution < -0.4 is 10.5 Å². The molecular formula is C9H9N5O4S2. The quantitative estimate of drug-likeness (QED) is 0.604. The van der Waals surface area contributed by atoms with Crippen molar-refractivity contribution in [3.63, 3.8) is 0 Å². The van der Waals surface area contributed by atoms with Gasteiger partial charge in [-0.2, -0.15) is 0 Å². The van der Waals surface area contributed by atoms with Gasteiger partial charge in [0.25, 0.3) is 15.7 Å². The number of rotatable bonds is 5. The van der Waals surface area contributed by atoms with Gasteiger partial charge in [-0.3, -0.25) is 10.1 Å². The van der Waals surface area contributed by atoms with Crippen LogP contribution >= 0.6 is 11.3 Å². The minimum atomic E-state index is -3.89. The minimum Gasteiger partial charge on any atom is -0.374 e. The first-order valence-corrected chi connectivity index (χ1v) is 7.51. The Morgan fingerprint density at radius 1 is 1.35 bits per heavy atom. The second kappa shape index (κ2) is 5.48. The van der Waals surface area contributed by atoms with E-state index in [0.717, 1.165) is 0 Å². The fraction of sp³-hybridized carbons (Fsp3) is 0.111. The summed E-state index contributed by atoms with van der Waals surface area (Å²) in [6.07, 6.45) is 0. The van der Waals surface area contributed by atoms with Crippen molar-refractivity contribution in [3.8, 4) is 0 Å². The molecule has 1 heterocycles. The van der Waals surface area contributed by atoms with Crippen LogP contribution in [0.1, 0.15) is 5.56 Å². The van der Waals surface area contributed by atoms with Crippen molar-refractivity contribution in [1.29, 1.82) is 0 Å². The van der Waals surface area contributed by atoms with Gasteiger partial charge in [0.15, 0.2) is 0 Å². The first kappa shape index (κ1) is 14.3. The lowest BCUT2D eigenvalue weighted by molar-refractivity contribution is -0.385. The molecule has 2 rings (SSSR count). The maximum Gasteiger partial charge on any atom is 0.273 e. The van der Waals surface area contributed by atoms with Crippen molar-refractivity contribution in [3.05, 3.63) is 39.9 Å². The number of hydrogen-bond acceptors (Lipinski definition) is 8. The summed E-state index contributed by atoms with van der Waals surface area (Å²) in [6.45, 7) is -0.223. The average molecular weight is 315 g/mol. The van der Waals surface area contributed by atoms with Crippen molar-refractivity contribution in [2.24, 2.45) is 0 Å². The lowest BCUT2D eigenvalue weighted by atomic mass is 10.2. The van der Waals surface area contributed by atoms with E-state index in [9.17, 15) is 18.5 Å². The summed E-state index contributed by atoms with van der Waals surface area (Å²) in [5, 5.41) is 17.7. The van der Waals surface area contributed by atoms with Crippen LogP contribution in [-0.2, 0) is 16.6 Å². The number of sulfonamides is 1. The predicted molar refractivity (Wildman–Crippen MR) is 71.4 cm³/mol. The fourth-order valence-corrected chi connectivity index (χ4v) is 3.23. The Labute approximate surface area is 117 Å². The molecule has 0 atom stereocenters. The molecule has 0 saturated heterocycles.